The van der Waals surface area contributed by atoms with Crippen LogP contribution in [-0.4, -0.2) is 38.0 Å². The molecule has 2 rings (SSSR count). The lowest BCUT2D eigenvalue weighted by Crippen LogP contribution is -2.32. The molecule has 0 radical (unpaired) electrons. The second kappa shape index (κ2) is 6.59. The molecular weight excluding hydrogens is 264 g/mol. The maximum absolute atomic E-state index is 12.1. The van der Waals surface area contributed by atoms with Crippen molar-refractivity contribution in [2.45, 2.75) is 6.92 Å². The van der Waals surface area contributed by atoms with Crippen LogP contribution in [0.2, 0.25) is 0 Å². The Balaban J connectivity index is 0.00000180. The molecule has 2 aromatic rings. The van der Waals surface area contributed by atoms with Crippen molar-refractivity contribution in [2.24, 2.45) is 0 Å². The average Bonchev–Trinajstić information content (AvgIpc) is 2.80. The lowest BCUT2D eigenvalue weighted by Gasteiger charge is -2.14. The normalized spacial score (nSPS) is 10.3. The van der Waals surface area contributed by atoms with Gasteiger partial charge in [-0.1, -0.05) is 18.2 Å². The van der Waals surface area contributed by atoms with Crippen molar-refractivity contribution in [1.82, 2.24) is 10.2 Å². The summed E-state index contributed by atoms with van der Waals surface area (Å²) in [7, 11) is 3.64. The Morgan fingerprint density at radius 3 is 2.79 bits per heavy atom. The number of amides is 1. The van der Waals surface area contributed by atoms with E-state index in [4.69, 9.17) is 4.42 Å². The molecule has 0 aliphatic rings. The van der Waals surface area contributed by atoms with Crippen molar-refractivity contribution in [3.05, 3.63) is 35.6 Å². The van der Waals surface area contributed by atoms with Gasteiger partial charge in [0.1, 0.15) is 5.58 Å². The number of para-hydroxylation sites is 1. The van der Waals surface area contributed by atoms with E-state index >= 15 is 0 Å². The van der Waals surface area contributed by atoms with Crippen molar-refractivity contribution in [3.8, 4) is 0 Å². The fourth-order valence-corrected chi connectivity index (χ4v) is 1.88. The summed E-state index contributed by atoms with van der Waals surface area (Å²) in [6.07, 6.45) is 0. The van der Waals surface area contributed by atoms with E-state index in [2.05, 4.69) is 5.32 Å². The summed E-state index contributed by atoms with van der Waals surface area (Å²) >= 11 is 0. The van der Waals surface area contributed by atoms with Crippen molar-refractivity contribution in [1.29, 1.82) is 0 Å². The minimum atomic E-state index is -0.0825. The van der Waals surface area contributed by atoms with Gasteiger partial charge < -0.3 is 14.6 Å². The van der Waals surface area contributed by atoms with E-state index in [1.165, 1.54) is 0 Å². The molecule has 0 bridgehead atoms. The highest BCUT2D eigenvalue weighted by Crippen LogP contribution is 2.23. The van der Waals surface area contributed by atoms with Gasteiger partial charge in [-0.15, -0.1) is 12.4 Å². The maximum Gasteiger partial charge on any atom is 0.289 e. The van der Waals surface area contributed by atoms with Gasteiger partial charge in [0.25, 0.3) is 5.91 Å². The Morgan fingerprint density at radius 2 is 2.16 bits per heavy atom. The molecule has 1 amide bonds. The topological polar surface area (TPSA) is 45.5 Å². The monoisotopic (exact) mass is 282 g/mol. The summed E-state index contributed by atoms with van der Waals surface area (Å²) in [5, 5.41) is 3.99. The first-order chi connectivity index (χ1) is 8.63. The molecule has 1 N–H and O–H groups in total. The quantitative estimate of drug-likeness (QED) is 0.937. The third-order valence-electron chi connectivity index (χ3n) is 3.00. The lowest BCUT2D eigenvalue weighted by molar-refractivity contribution is 0.0768. The van der Waals surface area contributed by atoms with Gasteiger partial charge in [-0.2, -0.15) is 0 Å². The number of nitrogens with zero attached hydrogens (tertiary/aromatic N) is 1. The van der Waals surface area contributed by atoms with Crippen molar-refractivity contribution in [2.75, 3.05) is 27.2 Å². The van der Waals surface area contributed by atoms with Gasteiger partial charge in [-0.25, -0.2) is 0 Å². The highest BCUT2D eigenvalue weighted by atomic mass is 35.5. The fraction of sp³-hybridized carbons (Fsp3) is 0.357. The van der Waals surface area contributed by atoms with Crippen LogP contribution < -0.4 is 5.32 Å². The Bertz CT molecular complexity index is 566. The molecule has 19 heavy (non-hydrogen) atoms. The minimum Gasteiger partial charge on any atom is -0.451 e. The largest absolute Gasteiger partial charge is 0.451 e. The Morgan fingerprint density at radius 1 is 1.42 bits per heavy atom. The number of likely N-dealkylation sites (N-methyl/N-ethyl adjacent to an activating group) is 2. The van der Waals surface area contributed by atoms with Crippen LogP contribution in [-0.2, 0) is 0 Å². The molecule has 0 atom stereocenters. The van der Waals surface area contributed by atoms with Crippen LogP contribution in [0, 0.1) is 6.92 Å². The van der Waals surface area contributed by atoms with Crippen LogP contribution in [0.15, 0.2) is 28.7 Å². The number of nitrogens with one attached hydrogen (secondary N) is 1. The van der Waals surface area contributed by atoms with Crippen molar-refractivity contribution >= 4 is 29.3 Å². The Hall–Kier alpha value is -1.52. The van der Waals surface area contributed by atoms with Crippen LogP contribution in [0.3, 0.4) is 0 Å². The fourth-order valence-electron chi connectivity index (χ4n) is 1.88. The van der Waals surface area contributed by atoms with Gasteiger partial charge in [-0.05, 0) is 25.6 Å². The number of rotatable bonds is 4. The number of fused-ring (bicyclic) bond motifs is 1. The summed E-state index contributed by atoms with van der Waals surface area (Å²) < 4.78 is 5.65. The number of carbonyl (C=O) groups excluding carboxylic acids is 1. The number of halogens is 1. The predicted molar refractivity (Wildman–Crippen MR) is 79.1 cm³/mol. The zero-order valence-corrected chi connectivity index (χ0v) is 12.2. The Kier molecular flexibility index (Phi) is 5.39. The van der Waals surface area contributed by atoms with E-state index in [9.17, 15) is 4.79 Å². The van der Waals surface area contributed by atoms with E-state index < -0.39 is 0 Å². The van der Waals surface area contributed by atoms with Crippen LogP contribution in [0.25, 0.3) is 11.0 Å². The van der Waals surface area contributed by atoms with Crippen LogP contribution >= 0.6 is 12.4 Å². The minimum absolute atomic E-state index is 0. The first-order valence-electron chi connectivity index (χ1n) is 6.02. The van der Waals surface area contributed by atoms with Gasteiger partial charge >= 0.3 is 0 Å². The number of carbonyl (C=O) groups is 1. The van der Waals surface area contributed by atoms with E-state index in [0.29, 0.717) is 12.3 Å². The first kappa shape index (κ1) is 15.5. The lowest BCUT2D eigenvalue weighted by atomic mass is 10.2. The van der Waals surface area contributed by atoms with Crippen molar-refractivity contribution in [3.63, 3.8) is 0 Å². The number of hydrogen-bond acceptors (Lipinski definition) is 3. The average molecular weight is 283 g/mol. The smallest absolute Gasteiger partial charge is 0.289 e. The standard InChI is InChI=1S/C14H18N2O2.ClH/c1-10-5-4-6-11-9-12(18-13(10)11)14(17)16(3)8-7-15-2;/h4-6,9,15H,7-8H2,1-3H3;1H. The summed E-state index contributed by atoms with van der Waals surface area (Å²) in [6.45, 7) is 3.40. The molecule has 104 valence electrons. The highest BCUT2D eigenvalue weighted by Gasteiger charge is 2.16. The molecule has 0 unspecified atom stereocenters. The molecule has 0 aliphatic heterocycles. The van der Waals surface area contributed by atoms with E-state index in [-0.39, 0.29) is 18.3 Å². The first-order valence-corrected chi connectivity index (χ1v) is 6.02. The molecule has 1 heterocycles. The summed E-state index contributed by atoms with van der Waals surface area (Å²) in [4.78, 5) is 13.8. The van der Waals surface area contributed by atoms with Crippen LogP contribution in [0.1, 0.15) is 16.1 Å². The molecule has 0 fully saturated rings. The SMILES string of the molecule is CNCCN(C)C(=O)c1cc2cccc(C)c2o1.Cl. The van der Waals surface area contributed by atoms with Gasteiger partial charge in [0.15, 0.2) is 5.76 Å². The molecule has 0 aliphatic carbocycles. The predicted octanol–water partition coefficient (Wildman–Crippen LogP) is 2.45. The number of aryl methyl sites for hydroxylation is 1. The van der Waals surface area contributed by atoms with Crippen LogP contribution in [0.5, 0.6) is 0 Å². The van der Waals surface area contributed by atoms with E-state index in [1.54, 1.807) is 18.0 Å². The Labute approximate surface area is 119 Å². The molecule has 4 nitrogen and oxygen atoms in total. The van der Waals surface area contributed by atoms with Gasteiger partial charge in [0.2, 0.25) is 0 Å². The number of benzene rings is 1. The van der Waals surface area contributed by atoms with Crippen molar-refractivity contribution < 1.29 is 9.21 Å². The molecule has 5 heteroatoms. The molecule has 0 saturated carbocycles. The maximum atomic E-state index is 12.1. The molecule has 0 saturated heterocycles. The van der Waals surface area contributed by atoms with E-state index in [0.717, 1.165) is 23.1 Å². The molecule has 0 spiro atoms. The van der Waals surface area contributed by atoms with Gasteiger partial charge in [0, 0.05) is 25.5 Å². The zero-order valence-electron chi connectivity index (χ0n) is 11.4. The van der Waals surface area contributed by atoms with Gasteiger partial charge in [-0.3, -0.25) is 4.79 Å². The number of furan rings is 1. The van der Waals surface area contributed by atoms with E-state index in [1.807, 2.05) is 32.2 Å². The summed E-state index contributed by atoms with van der Waals surface area (Å²) in [5.41, 5.74) is 1.84. The summed E-state index contributed by atoms with van der Waals surface area (Å²) in [5.74, 6) is 0.318. The van der Waals surface area contributed by atoms with Gasteiger partial charge in [0.05, 0.1) is 0 Å². The molecule has 1 aromatic carbocycles. The third-order valence-corrected chi connectivity index (χ3v) is 3.00. The number of hydrogen-bond donors (Lipinski definition) is 1. The second-order valence-corrected chi connectivity index (χ2v) is 4.43. The summed E-state index contributed by atoms with van der Waals surface area (Å²) in [6, 6.07) is 7.70. The third kappa shape index (κ3) is 3.28. The molecule has 1 aromatic heterocycles. The zero-order chi connectivity index (χ0) is 13.1. The molecular formula is C14H19ClN2O2. The van der Waals surface area contributed by atoms with Crippen LogP contribution in [0.4, 0.5) is 0 Å². The second-order valence-electron chi connectivity index (χ2n) is 4.43. The highest BCUT2D eigenvalue weighted by molar-refractivity contribution is 5.96.